The molecule has 0 amide bonds. The molecule has 1 aliphatic rings. The zero-order valence-corrected chi connectivity index (χ0v) is 10.9. The lowest BCUT2D eigenvalue weighted by molar-refractivity contribution is -0.139. The summed E-state index contributed by atoms with van der Waals surface area (Å²) in [6, 6.07) is 9.94. The standard InChI is InChI=1S/C13H17NO2S/c1-10(2)16-13-9-17-12(8-15-13)14-11-6-4-3-5-7-11/h3-7,10,13H,8-9H2,1-2H3. The van der Waals surface area contributed by atoms with Gasteiger partial charge in [-0.15, -0.1) is 11.8 Å². The van der Waals surface area contributed by atoms with Crippen molar-refractivity contribution in [1.82, 2.24) is 0 Å². The third kappa shape index (κ3) is 4.15. The molecule has 0 spiro atoms. The second kappa shape index (κ2) is 6.19. The van der Waals surface area contributed by atoms with Crippen LogP contribution in [-0.4, -0.2) is 29.8 Å². The maximum Gasteiger partial charge on any atom is 0.167 e. The molecule has 0 bridgehead atoms. The molecule has 1 aromatic rings. The van der Waals surface area contributed by atoms with E-state index in [0.717, 1.165) is 16.5 Å². The molecule has 1 heterocycles. The van der Waals surface area contributed by atoms with E-state index in [1.807, 2.05) is 44.2 Å². The fourth-order valence-corrected chi connectivity index (χ4v) is 2.34. The molecular weight excluding hydrogens is 234 g/mol. The van der Waals surface area contributed by atoms with Gasteiger partial charge in [-0.3, -0.25) is 0 Å². The number of para-hydroxylation sites is 1. The zero-order valence-electron chi connectivity index (χ0n) is 10.1. The summed E-state index contributed by atoms with van der Waals surface area (Å²) in [5.41, 5.74) is 0.974. The maximum absolute atomic E-state index is 5.60. The third-order valence-corrected chi connectivity index (χ3v) is 3.19. The molecule has 17 heavy (non-hydrogen) atoms. The van der Waals surface area contributed by atoms with E-state index in [1.165, 1.54) is 0 Å². The van der Waals surface area contributed by atoms with E-state index in [-0.39, 0.29) is 12.4 Å². The van der Waals surface area contributed by atoms with Crippen molar-refractivity contribution < 1.29 is 9.47 Å². The van der Waals surface area contributed by atoms with Gasteiger partial charge in [0.15, 0.2) is 6.29 Å². The minimum Gasteiger partial charge on any atom is -0.349 e. The van der Waals surface area contributed by atoms with Gasteiger partial charge in [-0.25, -0.2) is 4.99 Å². The molecule has 2 rings (SSSR count). The summed E-state index contributed by atoms with van der Waals surface area (Å²) in [4.78, 5) is 4.53. The second-order valence-corrected chi connectivity index (χ2v) is 5.17. The van der Waals surface area contributed by atoms with Crippen LogP contribution >= 0.6 is 11.8 Å². The van der Waals surface area contributed by atoms with Crippen LogP contribution in [0.1, 0.15) is 13.8 Å². The molecule has 1 atom stereocenters. The number of nitrogens with zero attached hydrogens (tertiary/aromatic N) is 1. The molecular formula is C13H17NO2S. The lowest BCUT2D eigenvalue weighted by Gasteiger charge is -2.25. The Morgan fingerprint density at radius 3 is 2.71 bits per heavy atom. The highest BCUT2D eigenvalue weighted by molar-refractivity contribution is 8.14. The fourth-order valence-electron chi connectivity index (χ4n) is 1.51. The van der Waals surface area contributed by atoms with Gasteiger partial charge >= 0.3 is 0 Å². The summed E-state index contributed by atoms with van der Waals surface area (Å²) < 4.78 is 11.2. The minimum absolute atomic E-state index is 0.102. The van der Waals surface area contributed by atoms with Crippen LogP contribution in [0.4, 0.5) is 5.69 Å². The van der Waals surface area contributed by atoms with Crippen molar-refractivity contribution in [2.45, 2.75) is 26.2 Å². The van der Waals surface area contributed by atoms with Crippen molar-refractivity contribution in [3.05, 3.63) is 30.3 Å². The largest absolute Gasteiger partial charge is 0.349 e. The van der Waals surface area contributed by atoms with E-state index < -0.39 is 0 Å². The van der Waals surface area contributed by atoms with E-state index in [0.29, 0.717) is 6.61 Å². The molecule has 0 aliphatic carbocycles. The Hall–Kier alpha value is -0.840. The number of aliphatic imine (C=N–C) groups is 1. The average molecular weight is 251 g/mol. The van der Waals surface area contributed by atoms with Gasteiger partial charge < -0.3 is 9.47 Å². The van der Waals surface area contributed by atoms with E-state index in [2.05, 4.69) is 4.99 Å². The predicted molar refractivity (Wildman–Crippen MR) is 72.0 cm³/mol. The molecule has 92 valence electrons. The molecule has 1 fully saturated rings. The van der Waals surface area contributed by atoms with Crippen LogP contribution < -0.4 is 0 Å². The van der Waals surface area contributed by atoms with Crippen molar-refractivity contribution in [1.29, 1.82) is 0 Å². The van der Waals surface area contributed by atoms with Crippen LogP contribution in [0.25, 0.3) is 0 Å². The van der Waals surface area contributed by atoms with Crippen molar-refractivity contribution in [3.63, 3.8) is 0 Å². The first-order valence-corrected chi connectivity index (χ1v) is 6.75. The monoisotopic (exact) mass is 251 g/mol. The minimum atomic E-state index is -0.102. The van der Waals surface area contributed by atoms with Crippen LogP contribution in [0.2, 0.25) is 0 Å². The van der Waals surface area contributed by atoms with Crippen molar-refractivity contribution in [2.75, 3.05) is 12.4 Å². The number of hydrogen-bond acceptors (Lipinski definition) is 4. The van der Waals surface area contributed by atoms with E-state index in [9.17, 15) is 0 Å². The number of thioether (sulfide) groups is 1. The predicted octanol–water partition coefficient (Wildman–Crippen LogP) is 3.23. The summed E-state index contributed by atoms with van der Waals surface area (Å²) in [5.74, 6) is 0.809. The Labute approximate surface area is 106 Å². The van der Waals surface area contributed by atoms with Crippen LogP contribution in [0.5, 0.6) is 0 Å². The van der Waals surface area contributed by atoms with E-state index in [4.69, 9.17) is 9.47 Å². The molecule has 0 aromatic heterocycles. The summed E-state index contributed by atoms with van der Waals surface area (Å²) in [5, 5.41) is 1.01. The molecule has 1 saturated heterocycles. The van der Waals surface area contributed by atoms with E-state index >= 15 is 0 Å². The fraction of sp³-hybridized carbons (Fsp3) is 0.462. The van der Waals surface area contributed by atoms with Gasteiger partial charge in [0.05, 0.1) is 29.2 Å². The Balaban J connectivity index is 1.89. The Morgan fingerprint density at radius 2 is 2.12 bits per heavy atom. The van der Waals surface area contributed by atoms with E-state index in [1.54, 1.807) is 11.8 Å². The van der Waals surface area contributed by atoms with Crippen molar-refractivity contribution in [3.8, 4) is 0 Å². The van der Waals surface area contributed by atoms with Gasteiger partial charge in [-0.1, -0.05) is 18.2 Å². The lowest BCUT2D eigenvalue weighted by atomic mass is 10.3. The normalized spacial score (nSPS) is 23.2. The number of hydrogen-bond donors (Lipinski definition) is 0. The molecule has 0 N–H and O–H groups in total. The quantitative estimate of drug-likeness (QED) is 0.826. The Kier molecular flexibility index (Phi) is 4.59. The average Bonchev–Trinajstić information content (AvgIpc) is 2.32. The smallest absolute Gasteiger partial charge is 0.167 e. The molecule has 0 radical (unpaired) electrons. The zero-order chi connectivity index (χ0) is 12.1. The van der Waals surface area contributed by atoms with Crippen LogP contribution in [-0.2, 0) is 9.47 Å². The van der Waals surface area contributed by atoms with Crippen molar-refractivity contribution in [2.24, 2.45) is 4.99 Å². The molecule has 3 nitrogen and oxygen atoms in total. The van der Waals surface area contributed by atoms with Gasteiger partial charge in [0, 0.05) is 0 Å². The van der Waals surface area contributed by atoms with Gasteiger partial charge in [-0.2, -0.15) is 0 Å². The number of benzene rings is 1. The van der Waals surface area contributed by atoms with Gasteiger partial charge in [-0.05, 0) is 26.0 Å². The highest BCUT2D eigenvalue weighted by Gasteiger charge is 2.20. The van der Waals surface area contributed by atoms with Crippen LogP contribution in [0, 0.1) is 0 Å². The Bertz CT molecular complexity index is 368. The maximum atomic E-state index is 5.60. The molecule has 1 unspecified atom stereocenters. The number of ether oxygens (including phenoxy) is 2. The van der Waals surface area contributed by atoms with Gasteiger partial charge in [0.1, 0.15) is 0 Å². The molecule has 0 saturated carbocycles. The molecule has 1 aromatic carbocycles. The SMILES string of the molecule is CC(C)OC1CSC(=Nc2ccccc2)CO1. The number of rotatable bonds is 3. The highest BCUT2D eigenvalue weighted by atomic mass is 32.2. The van der Waals surface area contributed by atoms with Gasteiger partial charge in [0.2, 0.25) is 0 Å². The third-order valence-electron chi connectivity index (χ3n) is 2.21. The van der Waals surface area contributed by atoms with Gasteiger partial charge in [0.25, 0.3) is 0 Å². The molecule has 1 aliphatic heterocycles. The van der Waals surface area contributed by atoms with Crippen molar-refractivity contribution >= 4 is 22.5 Å². The Morgan fingerprint density at radius 1 is 1.35 bits per heavy atom. The summed E-state index contributed by atoms with van der Waals surface area (Å²) in [6.45, 7) is 4.57. The summed E-state index contributed by atoms with van der Waals surface area (Å²) in [7, 11) is 0. The highest BCUT2D eigenvalue weighted by Crippen LogP contribution is 2.21. The summed E-state index contributed by atoms with van der Waals surface area (Å²) in [6.07, 6.45) is 0.0999. The van der Waals surface area contributed by atoms with Crippen LogP contribution in [0.15, 0.2) is 35.3 Å². The lowest BCUT2D eigenvalue weighted by Crippen LogP contribution is -2.30. The first-order valence-electron chi connectivity index (χ1n) is 5.76. The molecule has 4 heteroatoms. The second-order valence-electron chi connectivity index (χ2n) is 4.08. The first-order chi connectivity index (χ1) is 8.24. The summed E-state index contributed by atoms with van der Waals surface area (Å²) >= 11 is 1.71. The topological polar surface area (TPSA) is 30.8 Å². The first kappa shape index (κ1) is 12.6. The van der Waals surface area contributed by atoms with Crippen LogP contribution in [0.3, 0.4) is 0 Å².